The molecular weight excluding hydrogens is 326 g/mol. The summed E-state index contributed by atoms with van der Waals surface area (Å²) in [5.41, 5.74) is 4.52. The molecule has 108 valence electrons. The third-order valence-corrected chi connectivity index (χ3v) is 4.09. The van der Waals surface area contributed by atoms with Gasteiger partial charge in [-0.1, -0.05) is 28.1 Å². The number of hydrogen-bond acceptors (Lipinski definition) is 2. The molecule has 1 heterocycles. The van der Waals surface area contributed by atoms with Crippen LogP contribution in [0.5, 0.6) is 0 Å². The maximum atomic E-state index is 4.74. The molecule has 1 aromatic heterocycles. The molecule has 0 saturated carbocycles. The molecule has 0 amide bonds. The molecule has 0 aliphatic rings. The lowest BCUT2D eigenvalue weighted by molar-refractivity contribution is 0.733. The van der Waals surface area contributed by atoms with Gasteiger partial charge >= 0.3 is 0 Å². The number of benzene rings is 2. The van der Waals surface area contributed by atoms with Gasteiger partial charge in [0.05, 0.1) is 17.1 Å². The van der Waals surface area contributed by atoms with Crippen LogP contribution in [0.2, 0.25) is 0 Å². The van der Waals surface area contributed by atoms with E-state index in [4.69, 9.17) is 4.98 Å². The Kier molecular flexibility index (Phi) is 3.72. The monoisotopic (exact) mass is 343 g/mol. The van der Waals surface area contributed by atoms with Crippen LogP contribution in [0.25, 0.3) is 11.0 Å². The lowest BCUT2D eigenvalue weighted by Gasteiger charge is -2.16. The zero-order valence-corrected chi connectivity index (χ0v) is 14.0. The van der Waals surface area contributed by atoms with E-state index in [1.165, 1.54) is 5.56 Å². The van der Waals surface area contributed by atoms with Gasteiger partial charge in [0.1, 0.15) is 5.82 Å². The fraction of sp³-hybridized carbons (Fsp3) is 0.235. The molecule has 21 heavy (non-hydrogen) atoms. The second-order valence-electron chi connectivity index (χ2n) is 5.40. The Morgan fingerprint density at radius 3 is 2.67 bits per heavy atom. The molecule has 0 fully saturated rings. The topological polar surface area (TPSA) is 29.9 Å². The Bertz CT molecular complexity index is 772. The highest BCUT2D eigenvalue weighted by Gasteiger charge is 2.14. The number of fused-ring (bicyclic) bond motifs is 1. The predicted octanol–water partition coefficient (Wildman–Crippen LogP) is 4.82. The Hall–Kier alpha value is -1.81. The van der Waals surface area contributed by atoms with Crippen LogP contribution in [0.15, 0.2) is 46.9 Å². The third-order valence-electron chi connectivity index (χ3n) is 3.63. The van der Waals surface area contributed by atoms with E-state index in [1.807, 2.05) is 12.1 Å². The number of halogens is 1. The standard InChI is InChI=1S/C17H18BrN3/c1-11-8-13(18)10-14(9-11)19-12(2)17-20-15-6-4-5-7-16(15)21(17)3/h4-10,12,19H,1-3H3. The number of para-hydroxylation sites is 2. The van der Waals surface area contributed by atoms with E-state index in [2.05, 4.69) is 77.0 Å². The lowest BCUT2D eigenvalue weighted by Crippen LogP contribution is -2.12. The Balaban J connectivity index is 1.93. The van der Waals surface area contributed by atoms with Crippen molar-refractivity contribution < 1.29 is 0 Å². The van der Waals surface area contributed by atoms with E-state index in [9.17, 15) is 0 Å². The van der Waals surface area contributed by atoms with Crippen LogP contribution >= 0.6 is 15.9 Å². The van der Waals surface area contributed by atoms with Crippen molar-refractivity contribution in [1.82, 2.24) is 9.55 Å². The zero-order chi connectivity index (χ0) is 15.0. The second-order valence-corrected chi connectivity index (χ2v) is 6.32. The first-order valence-electron chi connectivity index (χ1n) is 6.99. The minimum atomic E-state index is 0.135. The highest BCUT2D eigenvalue weighted by Crippen LogP contribution is 2.25. The highest BCUT2D eigenvalue weighted by molar-refractivity contribution is 9.10. The number of anilines is 1. The number of rotatable bonds is 3. The predicted molar refractivity (Wildman–Crippen MR) is 91.6 cm³/mol. The Morgan fingerprint density at radius 2 is 1.95 bits per heavy atom. The zero-order valence-electron chi connectivity index (χ0n) is 12.4. The van der Waals surface area contributed by atoms with E-state index in [0.717, 1.165) is 27.0 Å². The second kappa shape index (κ2) is 5.53. The van der Waals surface area contributed by atoms with Gasteiger partial charge in [0.25, 0.3) is 0 Å². The average molecular weight is 344 g/mol. The summed E-state index contributed by atoms with van der Waals surface area (Å²) in [7, 11) is 2.06. The van der Waals surface area contributed by atoms with Crippen molar-refractivity contribution in [3.8, 4) is 0 Å². The molecule has 0 aliphatic carbocycles. The molecular formula is C17H18BrN3. The van der Waals surface area contributed by atoms with Crippen LogP contribution in [-0.2, 0) is 7.05 Å². The average Bonchev–Trinajstić information content (AvgIpc) is 2.76. The normalized spacial score (nSPS) is 12.6. The maximum Gasteiger partial charge on any atom is 0.131 e. The van der Waals surface area contributed by atoms with Crippen LogP contribution in [0.4, 0.5) is 5.69 Å². The summed E-state index contributed by atoms with van der Waals surface area (Å²) in [6, 6.07) is 14.7. The van der Waals surface area contributed by atoms with Gasteiger partial charge in [-0.15, -0.1) is 0 Å². The molecule has 0 aliphatic heterocycles. The Labute approximate surface area is 133 Å². The fourth-order valence-corrected chi connectivity index (χ4v) is 3.29. The number of nitrogens with zero attached hydrogens (tertiary/aromatic N) is 2. The molecule has 3 rings (SSSR count). The van der Waals surface area contributed by atoms with Gasteiger partial charge in [0.15, 0.2) is 0 Å². The van der Waals surface area contributed by atoms with Crippen molar-refractivity contribution in [3.05, 3.63) is 58.3 Å². The largest absolute Gasteiger partial charge is 0.375 e. The van der Waals surface area contributed by atoms with Crippen LogP contribution in [0.3, 0.4) is 0 Å². The van der Waals surface area contributed by atoms with E-state index in [1.54, 1.807) is 0 Å². The number of imidazole rings is 1. The van der Waals surface area contributed by atoms with Crippen molar-refractivity contribution in [2.75, 3.05) is 5.32 Å². The molecule has 2 aromatic carbocycles. The van der Waals surface area contributed by atoms with E-state index in [0.29, 0.717) is 0 Å². The fourth-order valence-electron chi connectivity index (χ4n) is 2.69. The van der Waals surface area contributed by atoms with E-state index < -0.39 is 0 Å². The molecule has 1 unspecified atom stereocenters. The van der Waals surface area contributed by atoms with Crippen LogP contribution in [0.1, 0.15) is 24.4 Å². The molecule has 1 N–H and O–H groups in total. The van der Waals surface area contributed by atoms with Crippen LogP contribution < -0.4 is 5.32 Å². The van der Waals surface area contributed by atoms with Gasteiger partial charge in [0.2, 0.25) is 0 Å². The van der Waals surface area contributed by atoms with Crippen LogP contribution in [-0.4, -0.2) is 9.55 Å². The smallest absolute Gasteiger partial charge is 0.131 e. The molecule has 3 nitrogen and oxygen atoms in total. The molecule has 0 bridgehead atoms. The van der Waals surface area contributed by atoms with Gasteiger partial charge in [-0.2, -0.15) is 0 Å². The SMILES string of the molecule is Cc1cc(Br)cc(NC(C)c2nc3ccccc3n2C)c1. The van der Waals surface area contributed by atoms with Crippen molar-refractivity contribution in [2.45, 2.75) is 19.9 Å². The minimum Gasteiger partial charge on any atom is -0.375 e. The summed E-state index contributed by atoms with van der Waals surface area (Å²) in [6.07, 6.45) is 0. The summed E-state index contributed by atoms with van der Waals surface area (Å²) >= 11 is 3.54. The molecule has 0 saturated heterocycles. The molecule has 0 spiro atoms. The first-order valence-corrected chi connectivity index (χ1v) is 7.79. The van der Waals surface area contributed by atoms with Gasteiger partial charge in [-0.3, -0.25) is 0 Å². The van der Waals surface area contributed by atoms with E-state index >= 15 is 0 Å². The third kappa shape index (κ3) is 2.81. The number of nitrogens with one attached hydrogen (secondary N) is 1. The van der Waals surface area contributed by atoms with Gasteiger partial charge < -0.3 is 9.88 Å². The number of aryl methyl sites for hydroxylation is 2. The molecule has 4 heteroatoms. The summed E-state index contributed by atoms with van der Waals surface area (Å²) < 4.78 is 3.24. The van der Waals surface area contributed by atoms with Crippen molar-refractivity contribution in [3.63, 3.8) is 0 Å². The lowest BCUT2D eigenvalue weighted by atomic mass is 10.2. The van der Waals surface area contributed by atoms with Crippen molar-refractivity contribution >= 4 is 32.7 Å². The summed E-state index contributed by atoms with van der Waals surface area (Å²) in [6.45, 7) is 4.23. The van der Waals surface area contributed by atoms with Gasteiger partial charge in [0, 0.05) is 17.2 Å². The molecule has 1 atom stereocenters. The van der Waals surface area contributed by atoms with Crippen molar-refractivity contribution in [1.29, 1.82) is 0 Å². The Morgan fingerprint density at radius 1 is 1.19 bits per heavy atom. The summed E-state index contributed by atoms with van der Waals surface area (Å²) in [5, 5.41) is 3.53. The van der Waals surface area contributed by atoms with Crippen LogP contribution in [0, 0.1) is 6.92 Å². The minimum absolute atomic E-state index is 0.135. The summed E-state index contributed by atoms with van der Waals surface area (Å²) in [4.78, 5) is 4.74. The van der Waals surface area contributed by atoms with E-state index in [-0.39, 0.29) is 6.04 Å². The first-order chi connectivity index (χ1) is 10.0. The van der Waals surface area contributed by atoms with Crippen molar-refractivity contribution in [2.24, 2.45) is 7.05 Å². The number of hydrogen-bond donors (Lipinski definition) is 1. The quantitative estimate of drug-likeness (QED) is 0.738. The maximum absolute atomic E-state index is 4.74. The summed E-state index contributed by atoms with van der Waals surface area (Å²) in [5.74, 6) is 1.04. The highest BCUT2D eigenvalue weighted by atomic mass is 79.9. The van der Waals surface area contributed by atoms with Gasteiger partial charge in [-0.05, 0) is 49.7 Å². The van der Waals surface area contributed by atoms with Gasteiger partial charge in [-0.25, -0.2) is 4.98 Å². The molecule has 3 aromatic rings. The molecule has 0 radical (unpaired) electrons. The number of aromatic nitrogens is 2. The first kappa shape index (κ1) is 14.1.